The van der Waals surface area contributed by atoms with Crippen molar-refractivity contribution in [3.8, 4) is 0 Å². The van der Waals surface area contributed by atoms with Gasteiger partial charge in [-0.05, 0) is 126 Å². The highest BCUT2D eigenvalue weighted by atomic mass is 16.6. The molecule has 4 aliphatic rings. The fourth-order valence-corrected chi connectivity index (χ4v) is 9.73. The number of esters is 5. The van der Waals surface area contributed by atoms with Gasteiger partial charge in [-0.2, -0.15) is 0 Å². The second kappa shape index (κ2) is 31.6. The Morgan fingerprint density at radius 1 is 0.516 bits per heavy atom. The first-order chi connectivity index (χ1) is 30.1. The van der Waals surface area contributed by atoms with E-state index in [0.717, 1.165) is 70.1 Å². The summed E-state index contributed by atoms with van der Waals surface area (Å²) in [6.45, 7) is 3.89. The molecule has 0 aromatic rings. The molecule has 0 amide bonds. The lowest BCUT2D eigenvalue weighted by Gasteiger charge is -2.60. The van der Waals surface area contributed by atoms with Crippen molar-refractivity contribution in [2.75, 3.05) is 39.6 Å². The van der Waals surface area contributed by atoms with Crippen LogP contribution in [0.1, 0.15) is 201 Å². The fourth-order valence-electron chi connectivity index (χ4n) is 9.73. The van der Waals surface area contributed by atoms with E-state index in [-0.39, 0.29) is 57.9 Å². The van der Waals surface area contributed by atoms with Gasteiger partial charge in [0, 0.05) is 33.5 Å². The number of unbranched alkanes of at least 4 members (excludes halogenated alkanes) is 12. The van der Waals surface area contributed by atoms with Crippen LogP contribution in [0.3, 0.4) is 0 Å². The van der Waals surface area contributed by atoms with Crippen molar-refractivity contribution >= 4 is 29.8 Å². The predicted molar refractivity (Wildman–Crippen MR) is 243 cm³/mol. The maximum absolute atomic E-state index is 13.2. The maximum atomic E-state index is 13.2. The zero-order valence-corrected chi connectivity index (χ0v) is 38.8. The molecular weight excluding hydrogens is 789 g/mol. The molecule has 4 rings (SSSR count). The first-order valence-electron chi connectivity index (χ1n) is 24.8. The van der Waals surface area contributed by atoms with Crippen LogP contribution >= 0.6 is 0 Å². The summed E-state index contributed by atoms with van der Waals surface area (Å²) in [7, 11) is 0. The molecule has 4 aliphatic carbocycles. The normalized spacial score (nSPS) is 20.5. The molecule has 0 aliphatic heterocycles. The molecule has 11 nitrogen and oxygen atoms in total. The molecule has 356 valence electrons. The van der Waals surface area contributed by atoms with Gasteiger partial charge in [-0.3, -0.25) is 24.0 Å². The van der Waals surface area contributed by atoms with Crippen molar-refractivity contribution in [2.45, 2.75) is 200 Å². The predicted octanol–water partition coefficient (Wildman–Crippen LogP) is 11.3. The fraction of sp³-hybridized carbons (Fsp3) is 0.824. The van der Waals surface area contributed by atoms with Crippen LogP contribution in [0.4, 0.5) is 0 Å². The van der Waals surface area contributed by atoms with Gasteiger partial charge < -0.3 is 28.8 Å². The average molecular weight is 875 g/mol. The van der Waals surface area contributed by atoms with E-state index in [1.807, 2.05) is 0 Å². The van der Waals surface area contributed by atoms with E-state index in [1.54, 1.807) is 0 Å². The van der Waals surface area contributed by atoms with Crippen LogP contribution in [0, 0.1) is 28.6 Å². The second-order valence-corrected chi connectivity index (χ2v) is 19.0. The van der Waals surface area contributed by atoms with Crippen molar-refractivity contribution in [3.63, 3.8) is 0 Å². The van der Waals surface area contributed by atoms with Crippen LogP contribution in [0.2, 0.25) is 0 Å². The molecule has 2 unspecified atom stereocenters. The third kappa shape index (κ3) is 22.9. The van der Waals surface area contributed by atoms with Gasteiger partial charge in [-0.25, -0.2) is 0 Å². The molecular formula is C51H86O11. The van der Waals surface area contributed by atoms with Crippen LogP contribution in [0.25, 0.3) is 0 Å². The highest BCUT2D eigenvalue weighted by molar-refractivity contribution is 5.71. The molecule has 1 spiro atoms. The molecule has 2 atom stereocenters. The molecule has 1 N–H and O–H groups in total. The number of aliphatic hydroxyl groups is 1. The van der Waals surface area contributed by atoms with E-state index >= 15 is 0 Å². The molecule has 4 saturated carbocycles. The Bertz CT molecular complexity index is 1290. The van der Waals surface area contributed by atoms with Gasteiger partial charge in [0.15, 0.2) is 0 Å². The summed E-state index contributed by atoms with van der Waals surface area (Å²) in [6.07, 6.45) is 33.4. The first kappa shape index (κ1) is 53.1. The zero-order valence-electron chi connectivity index (χ0n) is 38.8. The summed E-state index contributed by atoms with van der Waals surface area (Å²) < 4.78 is 27.6. The Kier molecular flexibility index (Phi) is 27.1. The summed E-state index contributed by atoms with van der Waals surface area (Å²) in [4.78, 5) is 63.0. The zero-order chi connectivity index (χ0) is 44.7. The number of carbonyl (C=O) groups is 5. The van der Waals surface area contributed by atoms with Crippen molar-refractivity contribution in [3.05, 3.63) is 24.3 Å². The summed E-state index contributed by atoms with van der Waals surface area (Å²) in [6, 6.07) is 0. The summed E-state index contributed by atoms with van der Waals surface area (Å²) in [5.41, 5.74) is -0.874. The molecule has 0 saturated heterocycles. The first-order valence-corrected chi connectivity index (χ1v) is 24.8. The number of allylic oxidation sites excluding steroid dienone is 2. The van der Waals surface area contributed by atoms with E-state index < -0.39 is 24.0 Å². The Morgan fingerprint density at radius 2 is 0.935 bits per heavy atom. The Labute approximate surface area is 375 Å². The van der Waals surface area contributed by atoms with Gasteiger partial charge in [-0.1, -0.05) is 89.5 Å². The van der Waals surface area contributed by atoms with Crippen molar-refractivity contribution in [2.24, 2.45) is 28.6 Å². The quantitative estimate of drug-likeness (QED) is 0.0275. The minimum absolute atomic E-state index is 0. The Hall–Kier alpha value is -3.21. The molecule has 0 heterocycles. The van der Waals surface area contributed by atoms with Crippen LogP contribution in [0.5, 0.6) is 0 Å². The van der Waals surface area contributed by atoms with Gasteiger partial charge in [0.2, 0.25) is 0 Å². The van der Waals surface area contributed by atoms with E-state index in [0.29, 0.717) is 69.5 Å². The van der Waals surface area contributed by atoms with Crippen molar-refractivity contribution < 1.29 is 54.2 Å². The number of rotatable bonds is 37. The van der Waals surface area contributed by atoms with Gasteiger partial charge in [0.25, 0.3) is 0 Å². The average Bonchev–Trinajstić information content (AvgIpc) is 3.24. The number of ether oxygens (including phenoxy) is 5. The lowest BCUT2D eigenvalue weighted by atomic mass is 9.45. The smallest absolute Gasteiger partial charge is 0.306 e. The van der Waals surface area contributed by atoms with Gasteiger partial charge >= 0.3 is 29.8 Å². The monoisotopic (exact) mass is 875 g/mol. The summed E-state index contributed by atoms with van der Waals surface area (Å²) >= 11 is 0. The van der Waals surface area contributed by atoms with E-state index in [1.165, 1.54) is 64.2 Å². The summed E-state index contributed by atoms with van der Waals surface area (Å²) in [5.74, 6) is 0.207. The van der Waals surface area contributed by atoms with Gasteiger partial charge in [0.05, 0.1) is 25.2 Å². The van der Waals surface area contributed by atoms with E-state index in [9.17, 15) is 29.1 Å². The van der Waals surface area contributed by atoms with Crippen molar-refractivity contribution in [1.29, 1.82) is 0 Å². The van der Waals surface area contributed by atoms with Crippen molar-refractivity contribution in [1.82, 2.24) is 0 Å². The lowest BCUT2D eigenvalue weighted by Crippen LogP contribution is -2.49. The second-order valence-electron chi connectivity index (χ2n) is 19.0. The van der Waals surface area contributed by atoms with Crippen LogP contribution in [-0.2, 0) is 47.7 Å². The van der Waals surface area contributed by atoms with E-state index in [2.05, 4.69) is 38.2 Å². The minimum Gasteiger partial charge on any atom is -0.465 e. The molecule has 0 aromatic carbocycles. The van der Waals surface area contributed by atoms with Gasteiger partial charge in [0.1, 0.15) is 19.8 Å². The minimum atomic E-state index is -1.29. The third-order valence-corrected chi connectivity index (χ3v) is 13.0. The number of aliphatic hydroxyl groups excluding tert-OH is 1. The molecule has 11 heteroatoms. The highest BCUT2D eigenvalue weighted by Gasteiger charge is 2.54. The Morgan fingerprint density at radius 3 is 1.37 bits per heavy atom. The van der Waals surface area contributed by atoms with Crippen LogP contribution in [-0.4, -0.2) is 74.6 Å². The topological polar surface area (TPSA) is 152 Å². The van der Waals surface area contributed by atoms with Crippen LogP contribution in [0.15, 0.2) is 24.3 Å². The molecule has 0 aromatic heterocycles. The standard InChI is InChI=1S/C51H84O11.H2/c1-3-5-7-9-11-17-23-29-58-45(53)25-19-13-15-21-27-47(55)60-39-51(38-52,41-62-49(57)33-43-31-42-32-44-36-50(34-42,35-43)37-44)40-61-48(56)28-22-16-14-20-26-46(54)59-30-24-18-12-10-8-6-4-2;/h11-12,17-18,42-44,52H,3-10,13-16,19-41H2,1-2H3;1H/b17-11-,18-12-;. The highest BCUT2D eigenvalue weighted by Crippen LogP contribution is 2.64. The lowest BCUT2D eigenvalue weighted by molar-refractivity contribution is -0.167. The van der Waals surface area contributed by atoms with Crippen LogP contribution < -0.4 is 0 Å². The SMILES string of the molecule is CCCCC/C=C\CCOC(=O)CCCCCCC(=O)OCC(CO)(COC(=O)CCCCCCC(=O)OCC/C=C\CCCCC)COC(=O)CC1CC2CC3CC(C1)(C2)C3.[HH]. The molecule has 3 bridgehead atoms. The summed E-state index contributed by atoms with van der Waals surface area (Å²) in [5, 5.41) is 10.6. The maximum Gasteiger partial charge on any atom is 0.306 e. The molecule has 0 radical (unpaired) electrons. The Balaban J connectivity index is 0.0000137. The molecule has 4 fully saturated rings. The number of carbonyl (C=O) groups excluding carboxylic acids is 5. The third-order valence-electron chi connectivity index (χ3n) is 13.0. The number of hydrogen-bond donors (Lipinski definition) is 1. The number of hydrogen-bond acceptors (Lipinski definition) is 11. The van der Waals surface area contributed by atoms with Gasteiger partial charge in [-0.15, -0.1) is 0 Å². The van der Waals surface area contributed by atoms with E-state index in [4.69, 9.17) is 23.7 Å². The largest absolute Gasteiger partial charge is 0.465 e. The molecule has 62 heavy (non-hydrogen) atoms.